The highest BCUT2D eigenvalue weighted by molar-refractivity contribution is 6.45. The van der Waals surface area contributed by atoms with Crippen LogP contribution < -0.4 is 0 Å². The Balaban J connectivity index is 1.66. The third-order valence-electron chi connectivity index (χ3n) is 8.34. The average molecular weight is 304 g/mol. The molecular formula is C19H33BO2. The fraction of sp³-hybridized carbons (Fsp3) is 1.00. The lowest BCUT2D eigenvalue weighted by molar-refractivity contribution is -0.0768. The van der Waals surface area contributed by atoms with Gasteiger partial charge < -0.3 is 9.31 Å². The van der Waals surface area contributed by atoms with Crippen molar-refractivity contribution in [1.82, 2.24) is 0 Å². The van der Waals surface area contributed by atoms with Crippen LogP contribution in [0.25, 0.3) is 0 Å². The lowest BCUT2D eigenvalue weighted by atomic mass is 9.63. The number of hydrogen-bond donors (Lipinski definition) is 0. The third kappa shape index (κ3) is 1.76. The van der Waals surface area contributed by atoms with Crippen LogP contribution in [0.3, 0.4) is 0 Å². The van der Waals surface area contributed by atoms with Crippen molar-refractivity contribution in [2.24, 2.45) is 28.6 Å². The molecule has 1 spiro atoms. The summed E-state index contributed by atoms with van der Waals surface area (Å²) < 4.78 is 13.1. The van der Waals surface area contributed by atoms with Gasteiger partial charge in [-0.25, -0.2) is 0 Å². The summed E-state index contributed by atoms with van der Waals surface area (Å²) in [5.74, 6) is 2.41. The molecule has 124 valence electrons. The van der Waals surface area contributed by atoms with Crippen LogP contribution in [0.5, 0.6) is 0 Å². The maximum atomic E-state index is 6.60. The largest absolute Gasteiger partial charge is 0.457 e. The van der Waals surface area contributed by atoms with E-state index in [0.717, 1.165) is 18.2 Å². The third-order valence-corrected chi connectivity index (χ3v) is 8.34. The van der Waals surface area contributed by atoms with Gasteiger partial charge in [-0.1, -0.05) is 40.5 Å². The lowest BCUT2D eigenvalue weighted by Gasteiger charge is -2.48. The Morgan fingerprint density at radius 1 is 1.09 bits per heavy atom. The Bertz CT molecular complexity index is 464. The van der Waals surface area contributed by atoms with E-state index in [-0.39, 0.29) is 12.7 Å². The van der Waals surface area contributed by atoms with Crippen molar-refractivity contribution in [1.29, 1.82) is 0 Å². The van der Waals surface area contributed by atoms with Gasteiger partial charge in [-0.05, 0) is 67.5 Å². The molecule has 0 aromatic heterocycles. The first-order chi connectivity index (χ1) is 10.3. The van der Waals surface area contributed by atoms with Crippen LogP contribution in [-0.4, -0.2) is 18.8 Å². The van der Waals surface area contributed by atoms with Gasteiger partial charge in [0.1, 0.15) is 0 Å². The maximum absolute atomic E-state index is 6.60. The van der Waals surface area contributed by atoms with Gasteiger partial charge in [0.05, 0.1) is 11.7 Å². The predicted molar refractivity (Wildman–Crippen MR) is 90.7 cm³/mol. The Labute approximate surface area is 136 Å². The van der Waals surface area contributed by atoms with Crippen molar-refractivity contribution in [2.75, 3.05) is 0 Å². The SMILES string of the molecule is CCCCB1O[C@H]2C[C@@]34C[C@H](C(C)(C)[C@@H]3CC[C@H]4C)[C@@]2(C)O1. The summed E-state index contributed by atoms with van der Waals surface area (Å²) in [6.07, 6.45) is 9.31. The molecule has 3 saturated carbocycles. The van der Waals surface area contributed by atoms with E-state index in [1.807, 2.05) is 0 Å². The molecular weight excluding hydrogens is 271 g/mol. The predicted octanol–water partition coefficient (Wildman–Crippen LogP) is 4.93. The van der Waals surface area contributed by atoms with E-state index >= 15 is 0 Å². The molecule has 2 bridgehead atoms. The van der Waals surface area contributed by atoms with Crippen molar-refractivity contribution in [3.05, 3.63) is 0 Å². The number of rotatable bonds is 3. The quantitative estimate of drug-likeness (QED) is 0.688. The normalized spacial score (nSPS) is 52.0. The van der Waals surface area contributed by atoms with E-state index < -0.39 is 0 Å². The van der Waals surface area contributed by atoms with Gasteiger partial charge in [-0.2, -0.15) is 0 Å². The molecule has 1 saturated heterocycles. The molecule has 0 aromatic rings. The second kappa shape index (κ2) is 4.75. The molecule has 4 fully saturated rings. The van der Waals surface area contributed by atoms with E-state index in [4.69, 9.17) is 9.31 Å². The Morgan fingerprint density at radius 2 is 1.86 bits per heavy atom. The highest BCUT2D eigenvalue weighted by Gasteiger charge is 2.73. The molecule has 1 aliphatic heterocycles. The Morgan fingerprint density at radius 3 is 2.59 bits per heavy atom. The molecule has 0 N–H and O–H groups in total. The van der Waals surface area contributed by atoms with Gasteiger partial charge in [0.2, 0.25) is 0 Å². The van der Waals surface area contributed by atoms with Gasteiger partial charge in [-0.15, -0.1) is 0 Å². The zero-order valence-electron chi connectivity index (χ0n) is 15.2. The van der Waals surface area contributed by atoms with Crippen LogP contribution in [-0.2, 0) is 9.31 Å². The van der Waals surface area contributed by atoms with Crippen molar-refractivity contribution in [2.45, 2.75) is 91.2 Å². The summed E-state index contributed by atoms with van der Waals surface area (Å²) in [5.41, 5.74) is 0.899. The van der Waals surface area contributed by atoms with Gasteiger partial charge in [0, 0.05) is 0 Å². The monoisotopic (exact) mass is 304 g/mol. The van der Waals surface area contributed by atoms with Crippen LogP contribution in [0.4, 0.5) is 0 Å². The number of unbranched alkanes of at least 4 members (excludes halogenated alkanes) is 1. The maximum Gasteiger partial charge on any atom is 0.457 e. The Hall–Kier alpha value is -0.0151. The fourth-order valence-electron chi connectivity index (χ4n) is 7.15. The molecule has 0 aromatic carbocycles. The van der Waals surface area contributed by atoms with E-state index in [9.17, 15) is 0 Å². The van der Waals surface area contributed by atoms with Gasteiger partial charge in [-0.3, -0.25) is 0 Å². The first kappa shape index (κ1) is 15.5. The second-order valence-corrected chi connectivity index (χ2v) is 9.54. The molecule has 4 rings (SSSR count). The second-order valence-electron chi connectivity index (χ2n) is 9.54. The summed E-state index contributed by atoms with van der Waals surface area (Å²) in [7, 11) is 0.0525. The standard InChI is InChI=1S/C19H33BO2/c1-6-7-10-20-21-16-12-19-11-15(18(16,5)22-20)17(3,4)14(19)9-8-13(19)2/h13-16H,6-12H2,1-5H3/t13-,14+,15-,16+,18-,19-/m1/s1. The van der Waals surface area contributed by atoms with Crippen LogP contribution in [0, 0.1) is 28.6 Å². The van der Waals surface area contributed by atoms with Gasteiger partial charge in [0.15, 0.2) is 0 Å². The minimum atomic E-state index is -0.0444. The molecule has 0 unspecified atom stereocenters. The summed E-state index contributed by atoms with van der Waals surface area (Å²) in [5, 5.41) is 0. The molecule has 3 heteroatoms. The smallest absolute Gasteiger partial charge is 0.405 e. The number of hydrogen-bond acceptors (Lipinski definition) is 2. The summed E-state index contributed by atoms with van der Waals surface area (Å²) in [6.45, 7) is 12.2. The average Bonchev–Trinajstić information content (AvgIpc) is 3.01. The van der Waals surface area contributed by atoms with Crippen molar-refractivity contribution >= 4 is 7.12 Å². The van der Waals surface area contributed by atoms with Crippen LogP contribution >= 0.6 is 0 Å². The van der Waals surface area contributed by atoms with Gasteiger partial charge in [0.25, 0.3) is 0 Å². The molecule has 1 heterocycles. The van der Waals surface area contributed by atoms with Crippen LogP contribution in [0.2, 0.25) is 6.32 Å². The molecule has 6 atom stereocenters. The first-order valence-corrected chi connectivity index (χ1v) is 9.68. The molecule has 2 nitrogen and oxygen atoms in total. The summed E-state index contributed by atoms with van der Waals surface area (Å²) >= 11 is 0. The Kier molecular flexibility index (Phi) is 3.35. The van der Waals surface area contributed by atoms with Crippen molar-refractivity contribution in [3.63, 3.8) is 0 Å². The van der Waals surface area contributed by atoms with E-state index in [1.165, 1.54) is 38.5 Å². The topological polar surface area (TPSA) is 18.5 Å². The minimum Gasteiger partial charge on any atom is -0.405 e. The van der Waals surface area contributed by atoms with Crippen molar-refractivity contribution in [3.8, 4) is 0 Å². The minimum absolute atomic E-state index is 0.0444. The molecule has 3 aliphatic carbocycles. The zero-order chi connectivity index (χ0) is 15.8. The van der Waals surface area contributed by atoms with Gasteiger partial charge >= 0.3 is 7.12 Å². The first-order valence-electron chi connectivity index (χ1n) is 9.68. The highest BCUT2D eigenvalue weighted by atomic mass is 16.7. The van der Waals surface area contributed by atoms with Crippen LogP contribution in [0.15, 0.2) is 0 Å². The van der Waals surface area contributed by atoms with E-state index in [1.54, 1.807) is 0 Å². The zero-order valence-corrected chi connectivity index (χ0v) is 15.2. The number of fused-ring (bicyclic) bond motifs is 3. The molecule has 0 amide bonds. The highest BCUT2D eigenvalue weighted by Crippen LogP contribution is 2.74. The van der Waals surface area contributed by atoms with Crippen molar-refractivity contribution < 1.29 is 9.31 Å². The van der Waals surface area contributed by atoms with Crippen LogP contribution in [0.1, 0.15) is 73.1 Å². The lowest BCUT2D eigenvalue weighted by Crippen LogP contribution is -2.52. The molecule has 4 aliphatic rings. The summed E-state index contributed by atoms with van der Waals surface area (Å²) in [4.78, 5) is 0. The van der Waals surface area contributed by atoms with E-state index in [2.05, 4.69) is 34.6 Å². The fourth-order valence-corrected chi connectivity index (χ4v) is 7.15. The summed E-state index contributed by atoms with van der Waals surface area (Å²) in [6, 6.07) is 0. The van der Waals surface area contributed by atoms with E-state index in [0.29, 0.717) is 22.9 Å². The molecule has 22 heavy (non-hydrogen) atoms. The molecule has 0 radical (unpaired) electrons.